The fourth-order valence-corrected chi connectivity index (χ4v) is 3.96. The van der Waals surface area contributed by atoms with Crippen LogP contribution in [0.1, 0.15) is 18.2 Å². The summed E-state index contributed by atoms with van der Waals surface area (Å²) in [7, 11) is 1.28. The molecule has 0 unspecified atom stereocenters. The van der Waals surface area contributed by atoms with Crippen LogP contribution in [0.25, 0.3) is 0 Å². The molecule has 0 spiro atoms. The number of carbonyl (C=O) groups excluding carboxylic acids is 3. The standard InChI is InChI=1S/C21H24F3N5O5S/c1-3-34-20(32)29-8-6-28(7-9-29)19(31)27-18-25-14(12-35-18)11-17(30)26-15-10-13(21(22,23)24)4-5-16(15)33-2/h4-5,10,12H,3,6-9,11H2,1-2H3,(H,26,30)(H,25,27,31). The number of alkyl halides is 3. The Bertz CT molecular complexity index is 1070. The first-order valence-corrected chi connectivity index (χ1v) is 11.5. The van der Waals surface area contributed by atoms with E-state index in [2.05, 4.69) is 15.6 Å². The maximum absolute atomic E-state index is 13.0. The Labute approximate surface area is 203 Å². The van der Waals surface area contributed by atoms with E-state index in [1.807, 2.05) is 0 Å². The zero-order valence-electron chi connectivity index (χ0n) is 19.0. The number of hydrogen-bond acceptors (Lipinski definition) is 7. The number of methoxy groups -OCH3 is 1. The summed E-state index contributed by atoms with van der Waals surface area (Å²) in [5.41, 5.74) is -0.700. The van der Waals surface area contributed by atoms with Crippen molar-refractivity contribution in [2.75, 3.05) is 50.5 Å². The average Bonchev–Trinajstić information content (AvgIpc) is 3.25. The molecule has 14 heteroatoms. The highest BCUT2D eigenvalue weighted by atomic mass is 32.1. The number of benzene rings is 1. The molecular formula is C21H24F3N5O5S. The first kappa shape index (κ1) is 26.1. The molecule has 10 nitrogen and oxygen atoms in total. The van der Waals surface area contributed by atoms with Crippen LogP contribution in [0.15, 0.2) is 23.6 Å². The van der Waals surface area contributed by atoms with Crippen molar-refractivity contribution in [3.8, 4) is 5.75 Å². The van der Waals surface area contributed by atoms with Crippen LogP contribution in [0.4, 0.5) is 33.6 Å². The van der Waals surface area contributed by atoms with Crippen molar-refractivity contribution in [1.82, 2.24) is 14.8 Å². The first-order chi connectivity index (χ1) is 16.6. The van der Waals surface area contributed by atoms with E-state index >= 15 is 0 Å². The molecule has 2 aromatic rings. The van der Waals surface area contributed by atoms with Gasteiger partial charge in [-0.2, -0.15) is 13.2 Å². The molecular weight excluding hydrogens is 491 g/mol. The lowest BCUT2D eigenvalue weighted by Gasteiger charge is -2.33. The number of amides is 4. The lowest BCUT2D eigenvalue weighted by Crippen LogP contribution is -2.51. The van der Waals surface area contributed by atoms with E-state index in [0.717, 1.165) is 29.5 Å². The molecule has 2 N–H and O–H groups in total. The van der Waals surface area contributed by atoms with E-state index in [1.54, 1.807) is 12.3 Å². The summed E-state index contributed by atoms with van der Waals surface area (Å²) in [6, 6.07) is 2.39. The highest BCUT2D eigenvalue weighted by Gasteiger charge is 2.31. The van der Waals surface area contributed by atoms with Crippen molar-refractivity contribution in [1.29, 1.82) is 0 Å². The molecule has 4 amide bonds. The van der Waals surface area contributed by atoms with Crippen LogP contribution in [0.5, 0.6) is 5.75 Å². The van der Waals surface area contributed by atoms with Crippen LogP contribution in [0.3, 0.4) is 0 Å². The van der Waals surface area contributed by atoms with Crippen molar-refractivity contribution in [2.24, 2.45) is 0 Å². The molecule has 1 saturated heterocycles. The number of aromatic nitrogens is 1. The van der Waals surface area contributed by atoms with Gasteiger partial charge in [-0.3, -0.25) is 10.1 Å². The molecule has 1 aromatic carbocycles. The van der Waals surface area contributed by atoms with Gasteiger partial charge in [-0.15, -0.1) is 11.3 Å². The summed E-state index contributed by atoms with van der Waals surface area (Å²) in [5, 5.41) is 6.89. The molecule has 1 aromatic heterocycles. The van der Waals surface area contributed by atoms with Gasteiger partial charge in [0, 0.05) is 31.6 Å². The molecule has 0 saturated carbocycles. The van der Waals surface area contributed by atoms with Crippen LogP contribution >= 0.6 is 11.3 Å². The summed E-state index contributed by atoms with van der Waals surface area (Å²) in [5.74, 6) is -0.512. The van der Waals surface area contributed by atoms with E-state index in [1.165, 1.54) is 16.9 Å². The van der Waals surface area contributed by atoms with Gasteiger partial charge in [0.1, 0.15) is 5.75 Å². The molecule has 0 atom stereocenters. The predicted octanol–water partition coefficient (Wildman–Crippen LogP) is 3.66. The van der Waals surface area contributed by atoms with Crippen LogP contribution in [-0.4, -0.2) is 72.7 Å². The van der Waals surface area contributed by atoms with E-state index in [9.17, 15) is 27.6 Å². The highest BCUT2D eigenvalue weighted by Crippen LogP contribution is 2.35. The van der Waals surface area contributed by atoms with Crippen LogP contribution in [0.2, 0.25) is 0 Å². The van der Waals surface area contributed by atoms with Gasteiger partial charge in [0.05, 0.1) is 37.1 Å². The quantitative estimate of drug-likeness (QED) is 0.607. The number of urea groups is 1. The number of hydrogen-bond donors (Lipinski definition) is 2. The predicted molar refractivity (Wildman–Crippen MR) is 122 cm³/mol. The molecule has 190 valence electrons. The zero-order chi connectivity index (χ0) is 25.6. The van der Waals surface area contributed by atoms with Gasteiger partial charge >= 0.3 is 18.3 Å². The maximum Gasteiger partial charge on any atom is 0.416 e. The second kappa shape index (κ2) is 11.3. The smallest absolute Gasteiger partial charge is 0.416 e. The molecule has 0 bridgehead atoms. The summed E-state index contributed by atoms with van der Waals surface area (Å²) in [4.78, 5) is 43.9. The van der Waals surface area contributed by atoms with Gasteiger partial charge in [-0.25, -0.2) is 14.6 Å². The molecule has 2 heterocycles. The molecule has 35 heavy (non-hydrogen) atoms. The number of halogens is 3. The average molecular weight is 516 g/mol. The Kier molecular flexibility index (Phi) is 8.38. The van der Waals surface area contributed by atoms with Gasteiger partial charge in [0.25, 0.3) is 0 Å². The van der Waals surface area contributed by atoms with Gasteiger partial charge in [-0.1, -0.05) is 0 Å². The highest BCUT2D eigenvalue weighted by molar-refractivity contribution is 7.13. The van der Waals surface area contributed by atoms with Crippen LogP contribution in [0, 0.1) is 0 Å². The Hall–Kier alpha value is -3.55. The topological polar surface area (TPSA) is 113 Å². The minimum Gasteiger partial charge on any atom is -0.495 e. The van der Waals surface area contributed by atoms with Crippen molar-refractivity contribution >= 4 is 40.2 Å². The van der Waals surface area contributed by atoms with E-state index in [4.69, 9.17) is 9.47 Å². The number of thiazole rings is 1. The molecule has 1 aliphatic heterocycles. The normalized spacial score (nSPS) is 13.9. The fraction of sp³-hybridized carbons (Fsp3) is 0.429. The third-order valence-corrected chi connectivity index (χ3v) is 5.81. The number of nitrogens with one attached hydrogen (secondary N) is 2. The number of ether oxygens (including phenoxy) is 2. The van der Waals surface area contributed by atoms with Gasteiger partial charge in [-0.05, 0) is 25.1 Å². The van der Waals surface area contributed by atoms with Gasteiger partial charge in [0.15, 0.2) is 5.13 Å². The lowest BCUT2D eigenvalue weighted by molar-refractivity contribution is -0.137. The Morgan fingerprint density at radius 3 is 2.43 bits per heavy atom. The Morgan fingerprint density at radius 2 is 1.80 bits per heavy atom. The second-order valence-corrected chi connectivity index (χ2v) is 8.24. The molecule has 1 aliphatic rings. The lowest BCUT2D eigenvalue weighted by atomic mass is 10.1. The minimum atomic E-state index is -4.57. The van der Waals surface area contributed by atoms with Crippen molar-refractivity contribution < 1.29 is 37.0 Å². The van der Waals surface area contributed by atoms with Gasteiger partial charge in [0.2, 0.25) is 5.91 Å². The van der Waals surface area contributed by atoms with Crippen molar-refractivity contribution in [3.63, 3.8) is 0 Å². The summed E-state index contributed by atoms with van der Waals surface area (Å²) in [6.45, 7) is 3.32. The summed E-state index contributed by atoms with van der Waals surface area (Å²) < 4.78 is 48.9. The van der Waals surface area contributed by atoms with E-state index in [0.29, 0.717) is 31.9 Å². The SMILES string of the molecule is CCOC(=O)N1CCN(C(=O)Nc2nc(CC(=O)Nc3cc(C(F)(F)F)ccc3OC)cs2)CC1. The van der Waals surface area contributed by atoms with Crippen LogP contribution in [-0.2, 0) is 22.1 Å². The van der Waals surface area contributed by atoms with E-state index in [-0.39, 0.29) is 29.6 Å². The van der Waals surface area contributed by atoms with Crippen molar-refractivity contribution in [2.45, 2.75) is 19.5 Å². The Balaban J connectivity index is 1.54. The molecule has 0 radical (unpaired) electrons. The summed E-state index contributed by atoms with van der Waals surface area (Å²) >= 11 is 1.11. The monoisotopic (exact) mass is 515 g/mol. The zero-order valence-corrected chi connectivity index (χ0v) is 19.8. The first-order valence-electron chi connectivity index (χ1n) is 10.6. The third-order valence-electron chi connectivity index (χ3n) is 5.00. The number of nitrogens with zero attached hydrogens (tertiary/aromatic N) is 3. The number of anilines is 2. The molecule has 0 aliphatic carbocycles. The second-order valence-electron chi connectivity index (χ2n) is 7.38. The largest absolute Gasteiger partial charge is 0.495 e. The van der Waals surface area contributed by atoms with E-state index < -0.39 is 29.8 Å². The molecule has 1 fully saturated rings. The summed E-state index contributed by atoms with van der Waals surface area (Å²) in [6.07, 6.45) is -5.21. The maximum atomic E-state index is 13.0. The van der Waals surface area contributed by atoms with Gasteiger partial charge < -0.3 is 24.6 Å². The third kappa shape index (κ3) is 6.97. The minimum absolute atomic E-state index is 0.0839. The number of piperazine rings is 1. The molecule has 3 rings (SSSR count). The fourth-order valence-electron chi connectivity index (χ4n) is 3.26. The Morgan fingerprint density at radius 1 is 1.11 bits per heavy atom. The van der Waals surface area contributed by atoms with Crippen LogP contribution < -0.4 is 15.4 Å². The van der Waals surface area contributed by atoms with Crippen molar-refractivity contribution in [3.05, 3.63) is 34.8 Å². The number of carbonyl (C=O) groups is 3. The number of rotatable bonds is 6.